The topological polar surface area (TPSA) is 55.6 Å². The summed E-state index contributed by atoms with van der Waals surface area (Å²) in [6, 6.07) is 0.429. The van der Waals surface area contributed by atoms with E-state index in [0.717, 1.165) is 51.7 Å². The standard InChI is InChI=1S/C15H28N2O2/c16-10-6-11-17(13-7-2-1-3-8-13)15(18)14-9-4-5-12-19-14/h13-14H,1-12,16H2. The van der Waals surface area contributed by atoms with E-state index in [1.807, 2.05) is 0 Å². The van der Waals surface area contributed by atoms with Crippen molar-refractivity contribution in [2.45, 2.75) is 69.9 Å². The summed E-state index contributed by atoms with van der Waals surface area (Å²) in [5.74, 6) is 0.222. The monoisotopic (exact) mass is 268 g/mol. The van der Waals surface area contributed by atoms with Gasteiger partial charge in [0, 0.05) is 19.2 Å². The smallest absolute Gasteiger partial charge is 0.251 e. The molecule has 0 spiro atoms. The maximum atomic E-state index is 12.7. The zero-order valence-electron chi connectivity index (χ0n) is 12.0. The van der Waals surface area contributed by atoms with Gasteiger partial charge < -0.3 is 15.4 Å². The molecule has 1 atom stereocenters. The highest BCUT2D eigenvalue weighted by atomic mass is 16.5. The van der Waals surface area contributed by atoms with Crippen LogP contribution in [0.15, 0.2) is 0 Å². The summed E-state index contributed by atoms with van der Waals surface area (Å²) in [4.78, 5) is 14.7. The Hall–Kier alpha value is -0.610. The fourth-order valence-electron chi connectivity index (χ4n) is 3.25. The Labute approximate surface area is 116 Å². The first-order valence-corrected chi connectivity index (χ1v) is 7.95. The molecule has 1 heterocycles. The molecule has 1 saturated carbocycles. The summed E-state index contributed by atoms with van der Waals surface area (Å²) in [5.41, 5.74) is 5.62. The minimum atomic E-state index is -0.187. The second-order valence-electron chi connectivity index (χ2n) is 5.82. The van der Waals surface area contributed by atoms with Gasteiger partial charge in [0.2, 0.25) is 0 Å². The van der Waals surface area contributed by atoms with Gasteiger partial charge in [-0.25, -0.2) is 0 Å². The van der Waals surface area contributed by atoms with E-state index in [-0.39, 0.29) is 12.0 Å². The average Bonchev–Trinajstić information content (AvgIpc) is 2.49. The summed E-state index contributed by atoms with van der Waals surface area (Å²) in [5, 5.41) is 0. The number of nitrogens with two attached hydrogens (primary N) is 1. The third kappa shape index (κ3) is 4.18. The molecule has 0 bridgehead atoms. The van der Waals surface area contributed by atoms with Gasteiger partial charge in [-0.05, 0) is 45.1 Å². The SMILES string of the molecule is NCCCN(C(=O)C1CCCCO1)C1CCCCC1. The van der Waals surface area contributed by atoms with Gasteiger partial charge >= 0.3 is 0 Å². The number of carbonyl (C=O) groups excluding carboxylic acids is 1. The Balaban J connectivity index is 1.95. The normalized spacial score (nSPS) is 25.2. The molecular formula is C15H28N2O2. The van der Waals surface area contributed by atoms with E-state index in [4.69, 9.17) is 10.5 Å². The lowest BCUT2D eigenvalue weighted by Gasteiger charge is -2.37. The van der Waals surface area contributed by atoms with E-state index in [1.165, 1.54) is 19.3 Å². The van der Waals surface area contributed by atoms with Crippen LogP contribution in [0.1, 0.15) is 57.8 Å². The predicted octanol–water partition coefficient (Wildman–Crippen LogP) is 2.07. The van der Waals surface area contributed by atoms with Crippen LogP contribution in [0.3, 0.4) is 0 Å². The minimum Gasteiger partial charge on any atom is -0.368 e. The molecule has 0 radical (unpaired) electrons. The second-order valence-corrected chi connectivity index (χ2v) is 5.82. The molecule has 2 N–H and O–H groups in total. The largest absolute Gasteiger partial charge is 0.368 e. The van der Waals surface area contributed by atoms with Crippen LogP contribution in [0, 0.1) is 0 Å². The first-order valence-electron chi connectivity index (χ1n) is 7.95. The molecule has 1 aliphatic heterocycles. The summed E-state index contributed by atoms with van der Waals surface area (Å²) < 4.78 is 5.67. The fourth-order valence-corrected chi connectivity index (χ4v) is 3.25. The van der Waals surface area contributed by atoms with Gasteiger partial charge in [0.25, 0.3) is 5.91 Å². The Morgan fingerprint density at radius 3 is 2.47 bits per heavy atom. The number of hydrogen-bond donors (Lipinski definition) is 1. The first kappa shape index (κ1) is 14.8. The first-order chi connectivity index (χ1) is 9.33. The Bertz CT molecular complexity index is 271. The van der Waals surface area contributed by atoms with Crippen molar-refractivity contribution in [3.8, 4) is 0 Å². The van der Waals surface area contributed by atoms with Crippen molar-refractivity contribution in [1.82, 2.24) is 4.90 Å². The summed E-state index contributed by atoms with van der Waals surface area (Å²) in [6.45, 7) is 2.20. The molecule has 2 rings (SSSR count). The Morgan fingerprint density at radius 1 is 1.11 bits per heavy atom. The Morgan fingerprint density at radius 2 is 1.84 bits per heavy atom. The molecule has 19 heavy (non-hydrogen) atoms. The molecule has 1 saturated heterocycles. The predicted molar refractivity (Wildman–Crippen MR) is 75.8 cm³/mol. The van der Waals surface area contributed by atoms with Crippen molar-refractivity contribution in [2.75, 3.05) is 19.7 Å². The maximum absolute atomic E-state index is 12.7. The van der Waals surface area contributed by atoms with E-state index in [9.17, 15) is 4.79 Å². The molecule has 1 aliphatic carbocycles. The molecular weight excluding hydrogens is 240 g/mol. The maximum Gasteiger partial charge on any atom is 0.251 e. The molecule has 0 aromatic carbocycles. The van der Waals surface area contributed by atoms with Crippen LogP contribution in [0.2, 0.25) is 0 Å². The third-order valence-corrected chi connectivity index (χ3v) is 4.36. The van der Waals surface area contributed by atoms with Gasteiger partial charge in [-0.15, -0.1) is 0 Å². The number of hydrogen-bond acceptors (Lipinski definition) is 3. The van der Waals surface area contributed by atoms with Crippen molar-refractivity contribution in [3.63, 3.8) is 0 Å². The Kier molecular flexibility index (Phi) is 6.11. The van der Waals surface area contributed by atoms with Crippen LogP contribution in [0.5, 0.6) is 0 Å². The van der Waals surface area contributed by atoms with Gasteiger partial charge in [-0.2, -0.15) is 0 Å². The zero-order chi connectivity index (χ0) is 13.5. The summed E-state index contributed by atoms with van der Waals surface area (Å²) in [6.07, 6.45) is 9.95. The third-order valence-electron chi connectivity index (χ3n) is 4.36. The molecule has 0 aromatic rings. The lowest BCUT2D eigenvalue weighted by Crippen LogP contribution is -2.48. The van der Waals surface area contributed by atoms with E-state index in [2.05, 4.69) is 4.90 Å². The van der Waals surface area contributed by atoms with Crippen LogP contribution in [-0.2, 0) is 9.53 Å². The fraction of sp³-hybridized carbons (Fsp3) is 0.933. The average molecular weight is 268 g/mol. The van der Waals surface area contributed by atoms with Crippen molar-refractivity contribution in [3.05, 3.63) is 0 Å². The number of carbonyl (C=O) groups is 1. The van der Waals surface area contributed by atoms with Crippen LogP contribution < -0.4 is 5.73 Å². The molecule has 4 heteroatoms. The van der Waals surface area contributed by atoms with Crippen LogP contribution in [0.25, 0.3) is 0 Å². The highest BCUT2D eigenvalue weighted by Crippen LogP contribution is 2.25. The molecule has 110 valence electrons. The van der Waals surface area contributed by atoms with Crippen molar-refractivity contribution >= 4 is 5.91 Å². The van der Waals surface area contributed by atoms with E-state index in [0.29, 0.717) is 12.6 Å². The molecule has 2 fully saturated rings. The molecule has 2 aliphatic rings. The van der Waals surface area contributed by atoms with Gasteiger partial charge in [-0.1, -0.05) is 19.3 Å². The quantitative estimate of drug-likeness (QED) is 0.830. The van der Waals surface area contributed by atoms with Crippen molar-refractivity contribution < 1.29 is 9.53 Å². The van der Waals surface area contributed by atoms with E-state index in [1.54, 1.807) is 0 Å². The lowest BCUT2D eigenvalue weighted by molar-refractivity contribution is -0.149. The van der Waals surface area contributed by atoms with Crippen LogP contribution >= 0.6 is 0 Å². The number of rotatable bonds is 5. The lowest BCUT2D eigenvalue weighted by atomic mass is 9.93. The molecule has 1 amide bonds. The highest BCUT2D eigenvalue weighted by Gasteiger charge is 2.31. The molecule has 1 unspecified atom stereocenters. The molecule has 0 aromatic heterocycles. The zero-order valence-corrected chi connectivity index (χ0v) is 12.0. The van der Waals surface area contributed by atoms with Crippen molar-refractivity contribution in [1.29, 1.82) is 0 Å². The van der Waals surface area contributed by atoms with Crippen LogP contribution in [0.4, 0.5) is 0 Å². The number of nitrogens with zero attached hydrogens (tertiary/aromatic N) is 1. The molecule has 4 nitrogen and oxygen atoms in total. The van der Waals surface area contributed by atoms with Crippen molar-refractivity contribution in [2.24, 2.45) is 5.73 Å². The summed E-state index contributed by atoms with van der Waals surface area (Å²) >= 11 is 0. The number of ether oxygens (including phenoxy) is 1. The van der Waals surface area contributed by atoms with Gasteiger partial charge in [0.15, 0.2) is 0 Å². The number of amides is 1. The highest BCUT2D eigenvalue weighted by molar-refractivity contribution is 5.81. The van der Waals surface area contributed by atoms with Gasteiger partial charge in [0.1, 0.15) is 6.10 Å². The second kappa shape index (κ2) is 7.85. The van der Waals surface area contributed by atoms with Gasteiger partial charge in [-0.3, -0.25) is 4.79 Å². The summed E-state index contributed by atoms with van der Waals surface area (Å²) in [7, 11) is 0. The van der Waals surface area contributed by atoms with Gasteiger partial charge in [0.05, 0.1) is 0 Å². The van der Waals surface area contributed by atoms with E-state index < -0.39 is 0 Å². The van der Waals surface area contributed by atoms with E-state index >= 15 is 0 Å². The van der Waals surface area contributed by atoms with Crippen LogP contribution in [-0.4, -0.2) is 42.6 Å². The minimum absolute atomic E-state index is 0.187.